The molecule has 1 unspecified atom stereocenters. The zero-order valence-corrected chi connectivity index (χ0v) is 14.2. The van der Waals surface area contributed by atoms with Crippen LogP contribution in [0.5, 0.6) is 0 Å². The van der Waals surface area contributed by atoms with Crippen molar-refractivity contribution in [3.05, 3.63) is 23.9 Å². The fourth-order valence-corrected chi connectivity index (χ4v) is 3.47. The number of carbonyl (C=O) groups is 2. The van der Waals surface area contributed by atoms with Gasteiger partial charge in [0.05, 0.1) is 12.5 Å². The van der Waals surface area contributed by atoms with Gasteiger partial charge in [-0.3, -0.25) is 9.59 Å². The maximum atomic E-state index is 12.8. The highest BCUT2D eigenvalue weighted by Gasteiger charge is 2.30. The molecule has 0 radical (unpaired) electrons. The van der Waals surface area contributed by atoms with Gasteiger partial charge in [0.2, 0.25) is 0 Å². The molecule has 3 heterocycles. The Morgan fingerprint density at radius 2 is 2.04 bits per heavy atom. The molecule has 0 N–H and O–H groups in total. The van der Waals surface area contributed by atoms with Crippen LogP contribution in [0.25, 0.3) is 0 Å². The summed E-state index contributed by atoms with van der Waals surface area (Å²) in [4.78, 5) is 33.2. The normalized spacial score (nSPS) is 21.0. The van der Waals surface area contributed by atoms with E-state index < -0.39 is 0 Å². The average Bonchev–Trinajstić information content (AvgIpc) is 3.16. The first-order valence-corrected chi connectivity index (χ1v) is 8.86. The van der Waals surface area contributed by atoms with Gasteiger partial charge < -0.3 is 14.5 Å². The van der Waals surface area contributed by atoms with E-state index in [0.29, 0.717) is 25.3 Å². The predicted octanol–water partition coefficient (Wildman–Crippen LogP) is 2.10. The minimum atomic E-state index is -0.206. The lowest BCUT2D eigenvalue weighted by atomic mass is 9.97. The highest BCUT2D eigenvalue weighted by Crippen LogP contribution is 2.22. The molecular weight excluding hydrogens is 306 g/mol. The molecule has 0 aliphatic carbocycles. The van der Waals surface area contributed by atoms with E-state index in [1.807, 2.05) is 6.07 Å². The van der Waals surface area contributed by atoms with Crippen molar-refractivity contribution in [2.45, 2.75) is 32.6 Å². The molecule has 0 aromatic carbocycles. The first-order valence-electron chi connectivity index (χ1n) is 8.86. The number of hydrogen-bond acceptors (Lipinski definition) is 5. The quantitative estimate of drug-likeness (QED) is 0.791. The second-order valence-corrected chi connectivity index (χ2v) is 6.44. The lowest BCUT2D eigenvalue weighted by Gasteiger charge is -2.31. The Morgan fingerprint density at radius 1 is 1.25 bits per heavy atom. The Bertz CT molecular complexity index is 599. The third-order valence-corrected chi connectivity index (χ3v) is 4.75. The highest BCUT2D eigenvalue weighted by atomic mass is 16.5. The van der Waals surface area contributed by atoms with Gasteiger partial charge in [-0.25, -0.2) is 4.98 Å². The summed E-state index contributed by atoms with van der Waals surface area (Å²) in [5, 5.41) is 0. The lowest BCUT2D eigenvalue weighted by Crippen LogP contribution is -2.42. The lowest BCUT2D eigenvalue weighted by molar-refractivity contribution is -0.149. The third-order valence-electron chi connectivity index (χ3n) is 4.75. The van der Waals surface area contributed by atoms with Gasteiger partial charge in [-0.05, 0) is 44.7 Å². The number of pyridine rings is 1. The zero-order valence-electron chi connectivity index (χ0n) is 14.2. The molecule has 1 aromatic heterocycles. The molecule has 3 rings (SSSR count). The van der Waals surface area contributed by atoms with Crippen LogP contribution in [0.4, 0.5) is 5.82 Å². The Morgan fingerprint density at radius 3 is 2.79 bits per heavy atom. The Kier molecular flexibility index (Phi) is 5.33. The summed E-state index contributed by atoms with van der Waals surface area (Å²) in [6.45, 7) is 5.32. The molecule has 0 bridgehead atoms. The molecule has 1 aromatic rings. The molecule has 2 fully saturated rings. The molecule has 0 saturated carbocycles. The molecule has 0 spiro atoms. The molecule has 130 valence electrons. The van der Waals surface area contributed by atoms with E-state index in [4.69, 9.17) is 4.74 Å². The van der Waals surface area contributed by atoms with E-state index in [-0.39, 0.29) is 17.8 Å². The number of amides is 1. The molecule has 6 heteroatoms. The topological polar surface area (TPSA) is 62.7 Å². The van der Waals surface area contributed by atoms with Crippen LogP contribution >= 0.6 is 0 Å². The van der Waals surface area contributed by atoms with Gasteiger partial charge in [0, 0.05) is 37.9 Å². The first kappa shape index (κ1) is 16.7. The number of rotatable bonds is 4. The predicted molar refractivity (Wildman–Crippen MR) is 90.9 cm³/mol. The molecule has 2 saturated heterocycles. The molecular formula is C18H25N3O3. The van der Waals surface area contributed by atoms with Crippen molar-refractivity contribution in [3.8, 4) is 0 Å². The number of likely N-dealkylation sites (tertiary alicyclic amines) is 1. The monoisotopic (exact) mass is 331 g/mol. The number of nitrogens with zero attached hydrogens (tertiary/aromatic N) is 3. The largest absolute Gasteiger partial charge is 0.466 e. The Hall–Kier alpha value is -2.11. The van der Waals surface area contributed by atoms with Crippen LogP contribution in [0.1, 0.15) is 43.0 Å². The van der Waals surface area contributed by atoms with E-state index in [0.717, 1.165) is 31.7 Å². The number of carbonyl (C=O) groups excluding carboxylic acids is 2. The summed E-state index contributed by atoms with van der Waals surface area (Å²) in [7, 11) is 0. The molecule has 6 nitrogen and oxygen atoms in total. The number of hydrogen-bond donors (Lipinski definition) is 0. The van der Waals surface area contributed by atoms with Crippen molar-refractivity contribution in [2.75, 3.05) is 37.7 Å². The van der Waals surface area contributed by atoms with Crippen LogP contribution in [0.2, 0.25) is 0 Å². The summed E-state index contributed by atoms with van der Waals surface area (Å²) >= 11 is 0. The van der Waals surface area contributed by atoms with E-state index in [1.54, 1.807) is 24.1 Å². The second kappa shape index (κ2) is 7.64. The van der Waals surface area contributed by atoms with Crippen LogP contribution in [0.15, 0.2) is 18.3 Å². The molecule has 24 heavy (non-hydrogen) atoms. The molecule has 1 amide bonds. The highest BCUT2D eigenvalue weighted by molar-refractivity contribution is 5.95. The summed E-state index contributed by atoms with van der Waals surface area (Å²) in [6, 6.07) is 3.64. The maximum absolute atomic E-state index is 12.8. The smallest absolute Gasteiger partial charge is 0.310 e. The minimum absolute atomic E-state index is 0.0214. The van der Waals surface area contributed by atoms with Gasteiger partial charge in [0.25, 0.3) is 5.91 Å². The standard InChI is InChI=1S/C18H25N3O3/c1-2-24-18(23)15-6-5-11-21(13-15)17(22)14-7-8-19-16(12-14)20-9-3-4-10-20/h7-8,12,15H,2-6,9-11,13H2,1H3. The van der Waals surface area contributed by atoms with Crippen molar-refractivity contribution in [1.82, 2.24) is 9.88 Å². The number of anilines is 1. The fourth-order valence-electron chi connectivity index (χ4n) is 3.47. The number of aromatic nitrogens is 1. The number of ether oxygens (including phenoxy) is 1. The van der Waals surface area contributed by atoms with Gasteiger partial charge >= 0.3 is 5.97 Å². The number of esters is 1. The van der Waals surface area contributed by atoms with E-state index in [1.165, 1.54) is 12.8 Å². The van der Waals surface area contributed by atoms with E-state index in [9.17, 15) is 9.59 Å². The van der Waals surface area contributed by atoms with Crippen molar-refractivity contribution >= 4 is 17.7 Å². The van der Waals surface area contributed by atoms with Crippen molar-refractivity contribution in [2.24, 2.45) is 5.92 Å². The minimum Gasteiger partial charge on any atom is -0.466 e. The summed E-state index contributed by atoms with van der Waals surface area (Å²) in [5.74, 6) is 0.453. The van der Waals surface area contributed by atoms with Crippen LogP contribution < -0.4 is 4.90 Å². The summed E-state index contributed by atoms with van der Waals surface area (Å²) in [5.41, 5.74) is 0.649. The van der Waals surface area contributed by atoms with Crippen molar-refractivity contribution in [1.29, 1.82) is 0 Å². The van der Waals surface area contributed by atoms with Crippen LogP contribution in [0.3, 0.4) is 0 Å². The van der Waals surface area contributed by atoms with Crippen LogP contribution in [-0.4, -0.2) is 54.5 Å². The van der Waals surface area contributed by atoms with Gasteiger partial charge in [-0.15, -0.1) is 0 Å². The molecule has 2 aliphatic rings. The van der Waals surface area contributed by atoms with Gasteiger partial charge in [-0.1, -0.05) is 0 Å². The molecule has 2 aliphatic heterocycles. The third kappa shape index (κ3) is 3.68. The maximum Gasteiger partial charge on any atom is 0.310 e. The van der Waals surface area contributed by atoms with Gasteiger partial charge in [0.1, 0.15) is 5.82 Å². The average molecular weight is 331 g/mol. The van der Waals surface area contributed by atoms with Crippen LogP contribution in [-0.2, 0) is 9.53 Å². The zero-order chi connectivity index (χ0) is 16.9. The van der Waals surface area contributed by atoms with Gasteiger partial charge in [-0.2, -0.15) is 0 Å². The van der Waals surface area contributed by atoms with E-state index in [2.05, 4.69) is 9.88 Å². The summed E-state index contributed by atoms with van der Waals surface area (Å²) in [6.07, 6.45) is 5.67. The molecule has 1 atom stereocenters. The number of piperidine rings is 1. The Balaban J connectivity index is 1.69. The van der Waals surface area contributed by atoms with E-state index >= 15 is 0 Å². The first-order chi connectivity index (χ1) is 11.7. The second-order valence-electron chi connectivity index (χ2n) is 6.44. The SMILES string of the molecule is CCOC(=O)C1CCCN(C(=O)c2ccnc(N3CCCC3)c2)C1. The van der Waals surface area contributed by atoms with Crippen molar-refractivity contribution in [3.63, 3.8) is 0 Å². The fraction of sp³-hybridized carbons (Fsp3) is 0.611. The van der Waals surface area contributed by atoms with Crippen molar-refractivity contribution < 1.29 is 14.3 Å². The Labute approximate surface area is 142 Å². The van der Waals surface area contributed by atoms with Gasteiger partial charge in [0.15, 0.2) is 0 Å². The van der Waals surface area contributed by atoms with Crippen LogP contribution in [0, 0.1) is 5.92 Å². The summed E-state index contributed by atoms with van der Waals surface area (Å²) < 4.78 is 5.11.